The number of hydrogen-bond donors (Lipinski definition) is 1. The summed E-state index contributed by atoms with van der Waals surface area (Å²) < 4.78 is 7.67. The summed E-state index contributed by atoms with van der Waals surface area (Å²) in [5, 5.41) is 2.78. The number of methoxy groups -OCH3 is 1. The van der Waals surface area contributed by atoms with Crippen LogP contribution in [0.5, 0.6) is 0 Å². The van der Waals surface area contributed by atoms with E-state index in [1.54, 1.807) is 7.11 Å². The van der Waals surface area contributed by atoms with Gasteiger partial charge in [0.1, 0.15) is 12.4 Å². The predicted octanol–water partition coefficient (Wildman–Crippen LogP) is 2.30. The number of aromatic nitrogens is 2. The van der Waals surface area contributed by atoms with Crippen LogP contribution in [-0.4, -0.2) is 35.7 Å². The molecule has 7 heteroatoms. The Morgan fingerprint density at radius 2 is 2.35 bits per heavy atom. The molecule has 0 bridgehead atoms. The van der Waals surface area contributed by atoms with Gasteiger partial charge in [-0.15, -0.1) is 11.6 Å². The Hall–Kier alpha value is -1.11. The van der Waals surface area contributed by atoms with Gasteiger partial charge in [-0.1, -0.05) is 15.9 Å². The van der Waals surface area contributed by atoms with Crippen molar-refractivity contribution in [1.82, 2.24) is 14.9 Å². The van der Waals surface area contributed by atoms with Crippen molar-refractivity contribution < 1.29 is 9.53 Å². The molecule has 0 unspecified atom stereocenters. The number of nitrogens with zero attached hydrogens (tertiary/aromatic N) is 2. The molecule has 0 spiro atoms. The van der Waals surface area contributed by atoms with Crippen LogP contribution in [0.3, 0.4) is 0 Å². The third-order valence-electron chi connectivity index (χ3n) is 2.84. The van der Waals surface area contributed by atoms with E-state index in [9.17, 15) is 4.79 Å². The maximum atomic E-state index is 11.9. The Kier molecular flexibility index (Phi) is 5.39. The summed E-state index contributed by atoms with van der Waals surface area (Å²) in [5.41, 5.74) is 1.71. The normalized spacial score (nSPS) is 10.9. The van der Waals surface area contributed by atoms with Crippen LogP contribution in [0, 0.1) is 0 Å². The highest BCUT2D eigenvalue weighted by molar-refractivity contribution is 9.10. The SMILES string of the molecule is COCCNC(=O)Cn1c(CCl)nc2cc(Br)ccc21. The number of ether oxygens (including phenoxy) is 1. The lowest BCUT2D eigenvalue weighted by molar-refractivity contribution is -0.121. The molecule has 0 radical (unpaired) electrons. The molecule has 0 saturated heterocycles. The lowest BCUT2D eigenvalue weighted by atomic mass is 10.3. The number of fused-ring (bicyclic) bond motifs is 1. The predicted molar refractivity (Wildman–Crippen MR) is 81.9 cm³/mol. The fourth-order valence-electron chi connectivity index (χ4n) is 1.92. The van der Waals surface area contributed by atoms with Crippen LogP contribution in [0.25, 0.3) is 11.0 Å². The largest absolute Gasteiger partial charge is 0.383 e. The van der Waals surface area contributed by atoms with Crippen molar-refractivity contribution in [2.24, 2.45) is 0 Å². The minimum Gasteiger partial charge on any atom is -0.383 e. The van der Waals surface area contributed by atoms with Crippen LogP contribution in [0.15, 0.2) is 22.7 Å². The number of nitrogens with one attached hydrogen (secondary N) is 1. The maximum Gasteiger partial charge on any atom is 0.240 e. The van der Waals surface area contributed by atoms with E-state index in [0.717, 1.165) is 15.5 Å². The third kappa shape index (κ3) is 3.50. The van der Waals surface area contributed by atoms with Crippen molar-refractivity contribution in [3.05, 3.63) is 28.5 Å². The van der Waals surface area contributed by atoms with E-state index in [1.807, 2.05) is 22.8 Å². The van der Waals surface area contributed by atoms with E-state index in [2.05, 4.69) is 26.2 Å². The Labute approximate surface area is 130 Å². The molecule has 108 valence electrons. The summed E-state index contributed by atoms with van der Waals surface area (Å²) >= 11 is 9.31. The van der Waals surface area contributed by atoms with Crippen molar-refractivity contribution >= 4 is 44.5 Å². The number of benzene rings is 1. The molecule has 20 heavy (non-hydrogen) atoms. The van der Waals surface area contributed by atoms with E-state index in [-0.39, 0.29) is 18.3 Å². The fraction of sp³-hybridized carbons (Fsp3) is 0.385. The van der Waals surface area contributed by atoms with Gasteiger partial charge in [0.15, 0.2) is 0 Å². The second-order valence-corrected chi connectivity index (χ2v) is 5.41. The quantitative estimate of drug-likeness (QED) is 0.635. The van der Waals surface area contributed by atoms with Crippen molar-refractivity contribution in [3.63, 3.8) is 0 Å². The molecular weight excluding hydrogens is 346 g/mol. The zero-order chi connectivity index (χ0) is 14.5. The summed E-state index contributed by atoms with van der Waals surface area (Å²) in [6.45, 7) is 1.18. The minimum absolute atomic E-state index is 0.0874. The number of hydrogen-bond acceptors (Lipinski definition) is 3. The Balaban J connectivity index is 2.21. The molecule has 0 aliphatic carbocycles. The molecule has 0 fully saturated rings. The van der Waals surface area contributed by atoms with Gasteiger partial charge in [-0.2, -0.15) is 0 Å². The molecule has 5 nitrogen and oxygen atoms in total. The molecule has 1 aromatic carbocycles. The van der Waals surface area contributed by atoms with E-state index < -0.39 is 0 Å². The first-order valence-corrected chi connectivity index (χ1v) is 7.44. The van der Waals surface area contributed by atoms with Crippen LogP contribution >= 0.6 is 27.5 Å². The highest BCUT2D eigenvalue weighted by Gasteiger charge is 2.13. The average Bonchev–Trinajstić information content (AvgIpc) is 2.76. The second kappa shape index (κ2) is 7.06. The Morgan fingerprint density at radius 3 is 3.05 bits per heavy atom. The zero-order valence-electron chi connectivity index (χ0n) is 11.0. The molecule has 0 atom stereocenters. The van der Waals surface area contributed by atoms with Gasteiger partial charge in [-0.25, -0.2) is 4.98 Å². The molecule has 1 N–H and O–H groups in total. The van der Waals surface area contributed by atoms with Gasteiger partial charge >= 0.3 is 0 Å². The van der Waals surface area contributed by atoms with Crippen LogP contribution in [0.2, 0.25) is 0 Å². The number of carbonyl (C=O) groups excluding carboxylic acids is 1. The Bertz CT molecular complexity index is 615. The number of halogens is 2. The van der Waals surface area contributed by atoms with Gasteiger partial charge in [-0.05, 0) is 18.2 Å². The first kappa shape index (κ1) is 15.3. The molecular formula is C13H15BrClN3O2. The summed E-state index contributed by atoms with van der Waals surface area (Å²) in [6, 6.07) is 5.75. The molecule has 1 amide bonds. The average molecular weight is 361 g/mol. The van der Waals surface area contributed by atoms with E-state index in [4.69, 9.17) is 16.3 Å². The van der Waals surface area contributed by atoms with Crippen molar-refractivity contribution in [1.29, 1.82) is 0 Å². The van der Waals surface area contributed by atoms with Crippen LogP contribution in [-0.2, 0) is 22.0 Å². The highest BCUT2D eigenvalue weighted by Crippen LogP contribution is 2.21. The molecule has 0 aliphatic rings. The standard InChI is InChI=1S/C13H15BrClN3O2/c1-20-5-4-16-13(19)8-18-11-3-2-9(14)6-10(11)17-12(18)7-15/h2-3,6H,4-5,7-8H2,1H3,(H,16,19). The van der Waals surface area contributed by atoms with Crippen LogP contribution in [0.4, 0.5) is 0 Å². The lowest BCUT2D eigenvalue weighted by Crippen LogP contribution is -2.30. The Morgan fingerprint density at radius 1 is 1.55 bits per heavy atom. The summed E-state index contributed by atoms with van der Waals surface area (Å²) in [6.07, 6.45) is 0. The number of imidazole rings is 1. The summed E-state index contributed by atoms with van der Waals surface area (Å²) in [7, 11) is 1.60. The molecule has 2 aromatic rings. The summed E-state index contributed by atoms with van der Waals surface area (Å²) in [4.78, 5) is 16.3. The molecule has 1 aromatic heterocycles. The van der Waals surface area contributed by atoms with Gasteiger partial charge in [0.25, 0.3) is 0 Å². The molecule has 2 rings (SSSR count). The fourth-order valence-corrected chi connectivity index (χ4v) is 2.48. The molecule has 0 saturated carbocycles. The number of rotatable bonds is 6. The molecule has 0 aliphatic heterocycles. The van der Waals surface area contributed by atoms with Crippen molar-refractivity contribution in [2.75, 3.05) is 20.3 Å². The van der Waals surface area contributed by atoms with Gasteiger partial charge in [0.2, 0.25) is 5.91 Å². The number of amides is 1. The van der Waals surface area contributed by atoms with Gasteiger partial charge in [-0.3, -0.25) is 4.79 Å². The van der Waals surface area contributed by atoms with Gasteiger partial charge < -0.3 is 14.6 Å². The van der Waals surface area contributed by atoms with Crippen molar-refractivity contribution in [2.45, 2.75) is 12.4 Å². The third-order valence-corrected chi connectivity index (χ3v) is 3.57. The maximum absolute atomic E-state index is 11.9. The molecule has 1 heterocycles. The van der Waals surface area contributed by atoms with Gasteiger partial charge in [0.05, 0.1) is 23.5 Å². The first-order chi connectivity index (χ1) is 9.65. The minimum atomic E-state index is -0.0874. The van der Waals surface area contributed by atoms with E-state index in [1.165, 1.54) is 0 Å². The van der Waals surface area contributed by atoms with E-state index >= 15 is 0 Å². The van der Waals surface area contributed by atoms with Crippen LogP contribution < -0.4 is 5.32 Å². The highest BCUT2D eigenvalue weighted by atomic mass is 79.9. The van der Waals surface area contributed by atoms with E-state index in [0.29, 0.717) is 19.0 Å². The smallest absolute Gasteiger partial charge is 0.240 e. The number of alkyl halides is 1. The lowest BCUT2D eigenvalue weighted by Gasteiger charge is -2.08. The number of carbonyl (C=O) groups is 1. The van der Waals surface area contributed by atoms with Crippen LogP contribution in [0.1, 0.15) is 5.82 Å². The first-order valence-electron chi connectivity index (χ1n) is 6.12. The van der Waals surface area contributed by atoms with Crippen molar-refractivity contribution in [3.8, 4) is 0 Å². The second-order valence-electron chi connectivity index (χ2n) is 4.22. The monoisotopic (exact) mass is 359 g/mol. The summed E-state index contributed by atoms with van der Waals surface area (Å²) in [5.74, 6) is 0.856. The van der Waals surface area contributed by atoms with Gasteiger partial charge in [0, 0.05) is 18.1 Å². The topological polar surface area (TPSA) is 56.1 Å². The zero-order valence-corrected chi connectivity index (χ0v) is 13.4.